The summed E-state index contributed by atoms with van der Waals surface area (Å²) in [4.78, 5) is 38.6. The predicted molar refractivity (Wildman–Crippen MR) is 80.4 cm³/mol. The van der Waals surface area contributed by atoms with Crippen LogP contribution in [0.2, 0.25) is 5.02 Å². The molecule has 3 rings (SSSR count). The van der Waals surface area contributed by atoms with E-state index < -0.39 is 0 Å². The van der Waals surface area contributed by atoms with E-state index in [1.54, 1.807) is 17.0 Å². The van der Waals surface area contributed by atoms with Crippen molar-refractivity contribution in [2.75, 3.05) is 19.6 Å². The largest absolute Gasteiger partial charge is 0.340 e. The predicted octanol–water partition coefficient (Wildman–Crippen LogP) is 1.04. The van der Waals surface area contributed by atoms with Crippen molar-refractivity contribution in [3.05, 3.63) is 34.9 Å². The van der Waals surface area contributed by atoms with Gasteiger partial charge in [0.2, 0.25) is 11.8 Å². The van der Waals surface area contributed by atoms with Crippen molar-refractivity contribution in [3.63, 3.8) is 0 Å². The van der Waals surface area contributed by atoms with Gasteiger partial charge < -0.3 is 10.2 Å². The van der Waals surface area contributed by atoms with E-state index in [0.29, 0.717) is 31.0 Å². The fourth-order valence-electron chi connectivity index (χ4n) is 2.87. The minimum absolute atomic E-state index is 0.00289. The van der Waals surface area contributed by atoms with E-state index in [1.165, 1.54) is 4.90 Å². The molecule has 0 aliphatic carbocycles. The monoisotopic (exact) mass is 321 g/mol. The number of hydrogen-bond donors (Lipinski definition) is 1. The molecule has 1 aromatic rings. The standard InChI is InChI=1S/C15H16ClN3O3/c16-11-3-1-10(2-4-11)7-13(20)18-6-5-12(9-18)19-14(21)8-17-15(19)22/h1-4,12H,5-9H2,(H,17,22)/t12-/m1/s1. The van der Waals surface area contributed by atoms with Crippen LogP contribution >= 0.6 is 11.6 Å². The van der Waals surface area contributed by atoms with Crippen LogP contribution in [0.25, 0.3) is 0 Å². The van der Waals surface area contributed by atoms with Crippen LogP contribution in [0, 0.1) is 0 Å². The second-order valence-electron chi connectivity index (χ2n) is 5.51. The zero-order valence-electron chi connectivity index (χ0n) is 11.9. The van der Waals surface area contributed by atoms with Gasteiger partial charge in [0.05, 0.1) is 19.0 Å². The molecular weight excluding hydrogens is 306 g/mol. The highest BCUT2D eigenvalue weighted by molar-refractivity contribution is 6.30. The van der Waals surface area contributed by atoms with Crippen molar-refractivity contribution in [1.29, 1.82) is 0 Å². The average molecular weight is 322 g/mol. The lowest BCUT2D eigenvalue weighted by Gasteiger charge is -2.21. The Balaban J connectivity index is 1.60. The minimum Gasteiger partial charge on any atom is -0.340 e. The fraction of sp³-hybridized carbons (Fsp3) is 0.400. The van der Waals surface area contributed by atoms with Crippen molar-refractivity contribution < 1.29 is 14.4 Å². The number of amides is 4. The van der Waals surface area contributed by atoms with E-state index in [0.717, 1.165) is 5.56 Å². The Morgan fingerprint density at radius 3 is 2.64 bits per heavy atom. The Labute approximate surface area is 133 Å². The van der Waals surface area contributed by atoms with Crippen LogP contribution < -0.4 is 5.32 Å². The second-order valence-corrected chi connectivity index (χ2v) is 5.94. The summed E-state index contributed by atoms with van der Waals surface area (Å²) in [5.41, 5.74) is 0.896. The molecule has 116 valence electrons. The van der Waals surface area contributed by atoms with Gasteiger partial charge in [-0.05, 0) is 24.1 Å². The van der Waals surface area contributed by atoms with E-state index in [1.807, 2.05) is 12.1 Å². The molecule has 22 heavy (non-hydrogen) atoms. The number of nitrogens with zero attached hydrogens (tertiary/aromatic N) is 2. The van der Waals surface area contributed by atoms with Crippen molar-refractivity contribution in [3.8, 4) is 0 Å². The van der Waals surface area contributed by atoms with Crippen LogP contribution in [0.1, 0.15) is 12.0 Å². The molecule has 0 radical (unpaired) electrons. The molecule has 1 aromatic carbocycles. The molecule has 0 aromatic heterocycles. The summed E-state index contributed by atoms with van der Waals surface area (Å²) in [6.07, 6.45) is 0.926. The Morgan fingerprint density at radius 1 is 1.27 bits per heavy atom. The quantitative estimate of drug-likeness (QED) is 0.846. The Morgan fingerprint density at radius 2 is 2.00 bits per heavy atom. The SMILES string of the molecule is O=C(Cc1ccc(Cl)cc1)N1CC[C@@H](N2C(=O)CNC2=O)C1. The fourth-order valence-corrected chi connectivity index (χ4v) is 3.00. The molecule has 0 bridgehead atoms. The molecule has 0 unspecified atom stereocenters. The lowest BCUT2D eigenvalue weighted by atomic mass is 10.1. The molecule has 1 N–H and O–H groups in total. The lowest BCUT2D eigenvalue weighted by Crippen LogP contribution is -2.43. The molecule has 0 saturated carbocycles. The Kier molecular flexibility index (Phi) is 4.02. The zero-order chi connectivity index (χ0) is 15.7. The van der Waals surface area contributed by atoms with Crippen LogP contribution in [-0.4, -0.2) is 53.3 Å². The number of hydrogen-bond acceptors (Lipinski definition) is 3. The second kappa shape index (κ2) is 5.96. The van der Waals surface area contributed by atoms with Gasteiger partial charge in [0, 0.05) is 18.1 Å². The number of urea groups is 1. The highest BCUT2D eigenvalue weighted by atomic mass is 35.5. The number of carbonyl (C=O) groups excluding carboxylic acids is 3. The molecule has 2 aliphatic rings. The maximum atomic E-state index is 12.3. The number of rotatable bonds is 3. The zero-order valence-corrected chi connectivity index (χ0v) is 12.7. The van der Waals surface area contributed by atoms with Crippen LogP contribution in [0.3, 0.4) is 0 Å². The number of likely N-dealkylation sites (tertiary alicyclic amines) is 1. The van der Waals surface area contributed by atoms with E-state index >= 15 is 0 Å². The summed E-state index contributed by atoms with van der Waals surface area (Å²) in [5, 5.41) is 3.14. The smallest absolute Gasteiger partial charge is 0.324 e. The molecule has 2 aliphatic heterocycles. The van der Waals surface area contributed by atoms with E-state index in [2.05, 4.69) is 5.32 Å². The molecular formula is C15H16ClN3O3. The van der Waals surface area contributed by atoms with E-state index in [4.69, 9.17) is 11.6 Å². The van der Waals surface area contributed by atoms with Crippen molar-refractivity contribution in [1.82, 2.24) is 15.1 Å². The van der Waals surface area contributed by atoms with Gasteiger partial charge in [-0.15, -0.1) is 0 Å². The summed E-state index contributed by atoms with van der Waals surface area (Å²) in [7, 11) is 0. The molecule has 7 heteroatoms. The summed E-state index contributed by atoms with van der Waals surface area (Å²) in [6.45, 7) is 1.02. The third kappa shape index (κ3) is 2.92. The van der Waals surface area contributed by atoms with Gasteiger partial charge >= 0.3 is 6.03 Å². The first-order valence-corrected chi connectivity index (χ1v) is 7.54. The summed E-state index contributed by atoms with van der Waals surface area (Å²) in [5.74, 6) is -0.223. The van der Waals surface area contributed by atoms with Crippen molar-refractivity contribution >= 4 is 29.4 Å². The first-order chi connectivity index (χ1) is 10.5. The highest BCUT2D eigenvalue weighted by Crippen LogP contribution is 2.19. The summed E-state index contributed by atoms with van der Waals surface area (Å²) < 4.78 is 0. The van der Waals surface area contributed by atoms with Crippen molar-refractivity contribution in [2.24, 2.45) is 0 Å². The molecule has 2 heterocycles. The first-order valence-electron chi connectivity index (χ1n) is 7.16. The van der Waals surface area contributed by atoms with E-state index in [9.17, 15) is 14.4 Å². The topological polar surface area (TPSA) is 69.7 Å². The first kappa shape index (κ1) is 14.8. The summed E-state index contributed by atoms with van der Waals surface area (Å²) in [6, 6.07) is 6.58. The molecule has 2 saturated heterocycles. The van der Waals surface area contributed by atoms with Crippen LogP contribution in [0.5, 0.6) is 0 Å². The van der Waals surface area contributed by atoms with Gasteiger partial charge in [-0.3, -0.25) is 14.5 Å². The van der Waals surface area contributed by atoms with Crippen LogP contribution in [-0.2, 0) is 16.0 Å². The lowest BCUT2D eigenvalue weighted by molar-refractivity contribution is -0.131. The normalized spacial score (nSPS) is 21.4. The number of imide groups is 1. The molecule has 2 fully saturated rings. The molecule has 1 atom stereocenters. The van der Waals surface area contributed by atoms with Gasteiger partial charge in [0.1, 0.15) is 0 Å². The van der Waals surface area contributed by atoms with Gasteiger partial charge in [0.15, 0.2) is 0 Å². The van der Waals surface area contributed by atoms with E-state index in [-0.39, 0.29) is 30.4 Å². The third-order valence-corrected chi connectivity index (χ3v) is 4.28. The number of nitrogens with one attached hydrogen (secondary N) is 1. The maximum absolute atomic E-state index is 12.3. The molecule has 0 spiro atoms. The van der Waals surface area contributed by atoms with Crippen molar-refractivity contribution in [2.45, 2.75) is 18.9 Å². The van der Waals surface area contributed by atoms with Gasteiger partial charge in [-0.1, -0.05) is 23.7 Å². The van der Waals surface area contributed by atoms with Crippen LogP contribution in [0.4, 0.5) is 4.79 Å². The van der Waals surface area contributed by atoms with Gasteiger partial charge in [-0.25, -0.2) is 4.79 Å². The van der Waals surface area contributed by atoms with Gasteiger partial charge in [0.25, 0.3) is 0 Å². The molecule has 6 nitrogen and oxygen atoms in total. The molecule has 4 amide bonds. The Hall–Kier alpha value is -2.08. The van der Waals surface area contributed by atoms with Gasteiger partial charge in [-0.2, -0.15) is 0 Å². The summed E-state index contributed by atoms with van der Waals surface area (Å²) >= 11 is 5.82. The number of benzene rings is 1. The number of halogens is 1. The third-order valence-electron chi connectivity index (χ3n) is 4.03. The Bertz CT molecular complexity index is 601. The number of carbonyl (C=O) groups is 3. The average Bonchev–Trinajstić information content (AvgIpc) is 3.08. The highest BCUT2D eigenvalue weighted by Gasteiger charge is 2.39. The van der Waals surface area contributed by atoms with Crippen LogP contribution in [0.15, 0.2) is 24.3 Å². The minimum atomic E-state index is -0.359. The maximum Gasteiger partial charge on any atom is 0.324 e.